The van der Waals surface area contributed by atoms with Crippen molar-refractivity contribution in [1.82, 2.24) is 10.3 Å². The maximum absolute atomic E-state index is 14.0. The molecule has 106 valence electrons. The fourth-order valence-corrected chi connectivity index (χ4v) is 2.31. The molecule has 0 unspecified atom stereocenters. The molecule has 0 saturated heterocycles. The third-order valence-corrected chi connectivity index (χ3v) is 3.38. The molecule has 0 saturated carbocycles. The van der Waals surface area contributed by atoms with Crippen molar-refractivity contribution in [3.8, 4) is 5.75 Å². The van der Waals surface area contributed by atoms with E-state index in [1.165, 1.54) is 6.07 Å². The standard InChI is InChI=1S/C17H15FN2O/c18-15-9-13(11-19-10-12-5-2-1-3-6-12)17(21)16-14(15)7-4-8-20-16/h1-9,19,21H,10-11H2. The fraction of sp³-hybridized carbons (Fsp3) is 0.118. The molecule has 4 heteroatoms. The second kappa shape index (κ2) is 5.89. The predicted molar refractivity (Wildman–Crippen MR) is 80.4 cm³/mol. The summed E-state index contributed by atoms with van der Waals surface area (Å²) in [6.45, 7) is 1.03. The molecule has 3 aromatic rings. The Balaban J connectivity index is 1.80. The van der Waals surface area contributed by atoms with Crippen molar-refractivity contribution in [3.63, 3.8) is 0 Å². The number of aromatic hydroxyl groups is 1. The van der Waals surface area contributed by atoms with E-state index in [0.29, 0.717) is 29.6 Å². The number of halogens is 1. The van der Waals surface area contributed by atoms with Gasteiger partial charge in [-0.1, -0.05) is 30.3 Å². The molecule has 2 aromatic carbocycles. The Kier molecular flexibility index (Phi) is 3.79. The summed E-state index contributed by atoms with van der Waals surface area (Å²) in [6, 6.07) is 14.5. The minimum Gasteiger partial charge on any atom is -0.505 e. The van der Waals surface area contributed by atoms with Crippen LogP contribution in [0.2, 0.25) is 0 Å². The maximum Gasteiger partial charge on any atom is 0.146 e. The van der Waals surface area contributed by atoms with E-state index in [1.807, 2.05) is 30.3 Å². The molecule has 1 heterocycles. The van der Waals surface area contributed by atoms with Gasteiger partial charge in [0.15, 0.2) is 0 Å². The number of phenols is 1. The van der Waals surface area contributed by atoms with Crippen LogP contribution in [0.5, 0.6) is 5.75 Å². The molecule has 0 aliphatic heterocycles. The van der Waals surface area contributed by atoms with Crippen LogP contribution in [-0.4, -0.2) is 10.1 Å². The Morgan fingerprint density at radius 2 is 1.86 bits per heavy atom. The SMILES string of the molecule is Oc1c(CNCc2ccccc2)cc(F)c2cccnc12. The summed E-state index contributed by atoms with van der Waals surface area (Å²) in [5, 5.41) is 13.7. The third-order valence-electron chi connectivity index (χ3n) is 3.38. The molecule has 0 spiro atoms. The van der Waals surface area contributed by atoms with Gasteiger partial charge in [-0.05, 0) is 23.8 Å². The number of nitrogens with zero attached hydrogens (tertiary/aromatic N) is 1. The minimum atomic E-state index is -0.368. The highest BCUT2D eigenvalue weighted by atomic mass is 19.1. The monoisotopic (exact) mass is 282 g/mol. The summed E-state index contributed by atoms with van der Waals surface area (Å²) in [4.78, 5) is 4.05. The molecule has 2 N–H and O–H groups in total. The lowest BCUT2D eigenvalue weighted by atomic mass is 10.1. The van der Waals surface area contributed by atoms with Crippen LogP contribution < -0.4 is 5.32 Å². The summed E-state index contributed by atoms with van der Waals surface area (Å²) in [5.41, 5.74) is 1.94. The van der Waals surface area contributed by atoms with Gasteiger partial charge in [0, 0.05) is 30.2 Å². The van der Waals surface area contributed by atoms with E-state index >= 15 is 0 Å². The molecule has 0 aliphatic carbocycles. The lowest BCUT2D eigenvalue weighted by Crippen LogP contribution is -2.13. The van der Waals surface area contributed by atoms with E-state index in [2.05, 4.69) is 10.3 Å². The first kappa shape index (κ1) is 13.5. The molecule has 1 aromatic heterocycles. The quantitative estimate of drug-likeness (QED) is 0.771. The van der Waals surface area contributed by atoms with Gasteiger partial charge in [0.05, 0.1) is 0 Å². The molecule has 21 heavy (non-hydrogen) atoms. The zero-order valence-corrected chi connectivity index (χ0v) is 11.4. The minimum absolute atomic E-state index is 0.0348. The van der Waals surface area contributed by atoms with Crippen molar-refractivity contribution >= 4 is 10.9 Å². The van der Waals surface area contributed by atoms with Gasteiger partial charge in [0.2, 0.25) is 0 Å². The van der Waals surface area contributed by atoms with E-state index in [0.717, 1.165) is 5.56 Å². The number of benzene rings is 2. The van der Waals surface area contributed by atoms with E-state index in [4.69, 9.17) is 0 Å². The number of hydrogen-bond donors (Lipinski definition) is 2. The van der Waals surface area contributed by atoms with Crippen LogP contribution in [0.3, 0.4) is 0 Å². The van der Waals surface area contributed by atoms with Gasteiger partial charge < -0.3 is 10.4 Å². The summed E-state index contributed by atoms with van der Waals surface area (Å²) < 4.78 is 14.0. The summed E-state index contributed by atoms with van der Waals surface area (Å²) in [5.74, 6) is -0.333. The number of fused-ring (bicyclic) bond motifs is 1. The Morgan fingerprint density at radius 1 is 1.05 bits per heavy atom. The van der Waals surface area contributed by atoms with Crippen LogP contribution in [0.4, 0.5) is 4.39 Å². The lowest BCUT2D eigenvalue weighted by Gasteiger charge is -2.10. The molecule has 0 atom stereocenters. The van der Waals surface area contributed by atoms with Crippen molar-refractivity contribution < 1.29 is 9.50 Å². The second-order valence-electron chi connectivity index (χ2n) is 4.85. The predicted octanol–water partition coefficient (Wildman–Crippen LogP) is 3.37. The van der Waals surface area contributed by atoms with Gasteiger partial charge in [-0.2, -0.15) is 0 Å². The summed E-state index contributed by atoms with van der Waals surface area (Å²) in [7, 11) is 0. The van der Waals surface area contributed by atoms with Crippen LogP contribution in [0.1, 0.15) is 11.1 Å². The maximum atomic E-state index is 14.0. The highest BCUT2D eigenvalue weighted by Gasteiger charge is 2.11. The number of pyridine rings is 1. The molecule has 3 rings (SSSR count). The normalized spacial score (nSPS) is 10.9. The van der Waals surface area contributed by atoms with Crippen LogP contribution in [0.15, 0.2) is 54.7 Å². The van der Waals surface area contributed by atoms with Crippen LogP contribution in [0, 0.1) is 5.82 Å². The van der Waals surface area contributed by atoms with Crippen molar-refractivity contribution in [2.24, 2.45) is 0 Å². The average Bonchev–Trinajstić information content (AvgIpc) is 2.53. The number of hydrogen-bond acceptors (Lipinski definition) is 3. The highest BCUT2D eigenvalue weighted by Crippen LogP contribution is 2.29. The zero-order valence-electron chi connectivity index (χ0n) is 11.4. The van der Waals surface area contributed by atoms with Crippen LogP contribution in [0.25, 0.3) is 10.9 Å². The summed E-state index contributed by atoms with van der Waals surface area (Å²) >= 11 is 0. The molecule has 0 bridgehead atoms. The Hall–Kier alpha value is -2.46. The molecule has 0 fully saturated rings. The zero-order chi connectivity index (χ0) is 14.7. The van der Waals surface area contributed by atoms with Gasteiger partial charge in [-0.15, -0.1) is 0 Å². The van der Waals surface area contributed by atoms with Crippen LogP contribution >= 0.6 is 0 Å². The first-order valence-corrected chi connectivity index (χ1v) is 6.75. The van der Waals surface area contributed by atoms with E-state index in [9.17, 15) is 9.50 Å². The van der Waals surface area contributed by atoms with E-state index in [1.54, 1.807) is 18.3 Å². The average molecular weight is 282 g/mol. The number of rotatable bonds is 4. The van der Waals surface area contributed by atoms with Gasteiger partial charge in [0.1, 0.15) is 17.1 Å². The van der Waals surface area contributed by atoms with Crippen LogP contribution in [-0.2, 0) is 13.1 Å². The largest absolute Gasteiger partial charge is 0.505 e. The van der Waals surface area contributed by atoms with Gasteiger partial charge in [-0.3, -0.25) is 4.98 Å². The topological polar surface area (TPSA) is 45.1 Å². The van der Waals surface area contributed by atoms with Crippen molar-refractivity contribution in [2.45, 2.75) is 13.1 Å². The molecular weight excluding hydrogens is 267 g/mol. The van der Waals surface area contributed by atoms with E-state index < -0.39 is 0 Å². The molecule has 0 aliphatic rings. The van der Waals surface area contributed by atoms with E-state index in [-0.39, 0.29) is 11.6 Å². The van der Waals surface area contributed by atoms with Crippen molar-refractivity contribution in [3.05, 3.63) is 71.7 Å². The van der Waals surface area contributed by atoms with Crippen molar-refractivity contribution in [2.75, 3.05) is 0 Å². The second-order valence-corrected chi connectivity index (χ2v) is 4.85. The smallest absolute Gasteiger partial charge is 0.146 e. The Labute approximate surface area is 122 Å². The third kappa shape index (κ3) is 2.85. The lowest BCUT2D eigenvalue weighted by molar-refractivity contribution is 0.467. The highest BCUT2D eigenvalue weighted by molar-refractivity contribution is 5.85. The van der Waals surface area contributed by atoms with Gasteiger partial charge in [-0.25, -0.2) is 4.39 Å². The first-order valence-electron chi connectivity index (χ1n) is 6.75. The number of aromatic nitrogens is 1. The van der Waals surface area contributed by atoms with Crippen molar-refractivity contribution in [1.29, 1.82) is 0 Å². The van der Waals surface area contributed by atoms with Gasteiger partial charge in [0.25, 0.3) is 0 Å². The Bertz CT molecular complexity index is 759. The number of phenolic OH excluding ortho intramolecular Hbond substituents is 1. The van der Waals surface area contributed by atoms with Gasteiger partial charge >= 0.3 is 0 Å². The number of nitrogens with one attached hydrogen (secondary N) is 1. The summed E-state index contributed by atoms with van der Waals surface area (Å²) in [6.07, 6.45) is 1.54. The Morgan fingerprint density at radius 3 is 2.67 bits per heavy atom. The fourth-order valence-electron chi connectivity index (χ4n) is 2.31. The molecular formula is C17H15FN2O. The molecule has 0 amide bonds. The molecule has 3 nitrogen and oxygen atoms in total. The molecule has 0 radical (unpaired) electrons. The first-order chi connectivity index (χ1) is 10.3.